The monoisotopic (exact) mass is 216 g/mol. The van der Waals surface area contributed by atoms with Crippen molar-refractivity contribution in [1.29, 1.82) is 0 Å². The normalized spacial score (nSPS) is 22.9. The van der Waals surface area contributed by atoms with Crippen LogP contribution in [-0.4, -0.2) is 5.78 Å². The van der Waals surface area contributed by atoms with Gasteiger partial charge >= 0.3 is 0 Å². The van der Waals surface area contributed by atoms with E-state index in [1.807, 2.05) is 0 Å². The number of hydrogen-bond acceptors (Lipinski definition) is 1. The molecule has 86 valence electrons. The van der Waals surface area contributed by atoms with Crippen LogP contribution in [0.25, 0.3) is 0 Å². The molecule has 0 bridgehead atoms. The maximum absolute atomic E-state index is 11.9. The Kier molecular flexibility index (Phi) is 2.88. The zero-order valence-electron chi connectivity index (χ0n) is 10.4. The summed E-state index contributed by atoms with van der Waals surface area (Å²) in [5, 5.41) is 0. The van der Waals surface area contributed by atoms with Crippen LogP contribution in [0.4, 0.5) is 0 Å². The van der Waals surface area contributed by atoms with Crippen LogP contribution < -0.4 is 0 Å². The third kappa shape index (κ3) is 1.50. The molecule has 1 nitrogen and oxygen atoms in total. The van der Waals surface area contributed by atoms with Crippen molar-refractivity contribution in [1.82, 2.24) is 0 Å². The molecule has 1 unspecified atom stereocenters. The first-order valence-electron chi connectivity index (χ1n) is 6.24. The van der Waals surface area contributed by atoms with E-state index in [9.17, 15) is 4.79 Å². The molecular formula is C15H20O. The smallest absolute Gasteiger partial charge is 0.140 e. The Hall–Kier alpha value is -1.11. The molecule has 2 rings (SSSR count). The Balaban J connectivity index is 2.33. The van der Waals surface area contributed by atoms with Gasteiger partial charge in [-0.25, -0.2) is 0 Å². The van der Waals surface area contributed by atoms with E-state index >= 15 is 0 Å². The Morgan fingerprint density at radius 3 is 2.50 bits per heavy atom. The average molecular weight is 216 g/mol. The minimum Gasteiger partial charge on any atom is -0.299 e. The lowest BCUT2D eigenvalue weighted by atomic mass is 9.54. The number of benzene rings is 1. The van der Waals surface area contributed by atoms with Crippen molar-refractivity contribution < 1.29 is 4.79 Å². The zero-order chi connectivity index (χ0) is 11.8. The number of Topliss-reactive ketones (excluding diaryl/α,β-unsaturated/α-hetero) is 1. The highest BCUT2D eigenvalue weighted by atomic mass is 16.1. The van der Waals surface area contributed by atoms with Crippen LogP contribution in [0.3, 0.4) is 0 Å². The fourth-order valence-electron chi connectivity index (χ4n) is 3.11. The minimum absolute atomic E-state index is 0.0617. The molecule has 0 saturated heterocycles. The maximum Gasteiger partial charge on any atom is 0.140 e. The van der Waals surface area contributed by atoms with Crippen molar-refractivity contribution in [3.8, 4) is 0 Å². The van der Waals surface area contributed by atoms with Gasteiger partial charge in [0.25, 0.3) is 0 Å². The summed E-state index contributed by atoms with van der Waals surface area (Å²) in [6.07, 6.45) is 2.69. The van der Waals surface area contributed by atoms with Crippen molar-refractivity contribution in [3.05, 3.63) is 35.4 Å². The lowest BCUT2D eigenvalue weighted by Crippen LogP contribution is -2.47. The number of aryl methyl sites for hydroxylation is 1. The summed E-state index contributed by atoms with van der Waals surface area (Å²) >= 11 is 0. The van der Waals surface area contributed by atoms with Gasteiger partial charge in [-0.3, -0.25) is 4.79 Å². The van der Waals surface area contributed by atoms with E-state index in [2.05, 4.69) is 45.0 Å². The molecule has 0 aromatic heterocycles. The summed E-state index contributed by atoms with van der Waals surface area (Å²) in [5.41, 5.74) is 2.58. The van der Waals surface area contributed by atoms with Crippen LogP contribution in [0, 0.1) is 12.3 Å². The highest BCUT2D eigenvalue weighted by Crippen LogP contribution is 2.54. The van der Waals surface area contributed by atoms with E-state index in [4.69, 9.17) is 0 Å². The summed E-state index contributed by atoms with van der Waals surface area (Å²) in [6.45, 7) is 6.40. The summed E-state index contributed by atoms with van der Waals surface area (Å²) in [7, 11) is 0. The molecule has 0 spiro atoms. The molecule has 0 aliphatic heterocycles. The lowest BCUT2D eigenvalue weighted by molar-refractivity contribution is -0.141. The molecule has 0 amide bonds. The van der Waals surface area contributed by atoms with Crippen molar-refractivity contribution in [3.63, 3.8) is 0 Å². The molecule has 0 radical (unpaired) electrons. The molecule has 1 aromatic carbocycles. The number of rotatable bonds is 3. The molecule has 0 heterocycles. The first kappa shape index (κ1) is 11.4. The molecule has 1 saturated carbocycles. The predicted octanol–water partition coefficient (Wildman–Crippen LogP) is 3.86. The Morgan fingerprint density at radius 2 is 2.00 bits per heavy atom. The molecule has 1 fully saturated rings. The summed E-state index contributed by atoms with van der Waals surface area (Å²) in [4.78, 5) is 11.9. The van der Waals surface area contributed by atoms with Crippen LogP contribution in [0.15, 0.2) is 24.3 Å². The van der Waals surface area contributed by atoms with Gasteiger partial charge in [0.05, 0.1) is 0 Å². The number of ketones is 1. The predicted molar refractivity (Wildman–Crippen MR) is 66.6 cm³/mol. The Bertz CT molecular complexity index is 402. The molecular weight excluding hydrogens is 196 g/mol. The summed E-state index contributed by atoms with van der Waals surface area (Å²) in [5.74, 6) is 0.916. The van der Waals surface area contributed by atoms with Gasteiger partial charge in [0.2, 0.25) is 0 Å². The van der Waals surface area contributed by atoms with Gasteiger partial charge in [-0.1, -0.05) is 43.7 Å². The Labute approximate surface area is 97.9 Å². The van der Waals surface area contributed by atoms with Crippen molar-refractivity contribution in [2.45, 2.75) is 46.0 Å². The Morgan fingerprint density at radius 1 is 1.31 bits per heavy atom. The van der Waals surface area contributed by atoms with Crippen LogP contribution in [0.5, 0.6) is 0 Å². The summed E-state index contributed by atoms with van der Waals surface area (Å²) in [6, 6.07) is 8.62. The number of carbonyl (C=O) groups is 1. The highest BCUT2D eigenvalue weighted by molar-refractivity contribution is 5.93. The highest BCUT2D eigenvalue weighted by Gasteiger charge is 2.52. The topological polar surface area (TPSA) is 17.1 Å². The number of carbonyl (C=O) groups excluding carboxylic acids is 1. The van der Waals surface area contributed by atoms with Crippen LogP contribution in [0.1, 0.15) is 50.2 Å². The van der Waals surface area contributed by atoms with Gasteiger partial charge in [-0.15, -0.1) is 0 Å². The fraction of sp³-hybridized carbons (Fsp3) is 0.533. The first-order chi connectivity index (χ1) is 7.64. The van der Waals surface area contributed by atoms with Crippen molar-refractivity contribution >= 4 is 5.78 Å². The third-order valence-electron chi connectivity index (χ3n) is 4.32. The standard InChI is InChI=1S/C15H20O/c1-4-15(5-2)13(10-14(15)16)12-8-6-7-11(3)9-12/h6-9,13H,4-5,10H2,1-3H3. The third-order valence-corrected chi connectivity index (χ3v) is 4.32. The van der Waals surface area contributed by atoms with Gasteiger partial charge in [0.1, 0.15) is 5.78 Å². The van der Waals surface area contributed by atoms with E-state index in [1.54, 1.807) is 0 Å². The summed E-state index contributed by atoms with van der Waals surface area (Å²) < 4.78 is 0. The van der Waals surface area contributed by atoms with Crippen molar-refractivity contribution in [2.75, 3.05) is 0 Å². The second-order valence-electron chi connectivity index (χ2n) is 4.96. The second-order valence-corrected chi connectivity index (χ2v) is 4.96. The fourth-order valence-corrected chi connectivity index (χ4v) is 3.11. The SMILES string of the molecule is CCC1(CC)C(=O)CC1c1cccc(C)c1. The number of hydrogen-bond donors (Lipinski definition) is 0. The zero-order valence-corrected chi connectivity index (χ0v) is 10.4. The van der Waals surface area contributed by atoms with Gasteiger partial charge in [0, 0.05) is 17.8 Å². The molecule has 16 heavy (non-hydrogen) atoms. The molecule has 1 aromatic rings. The maximum atomic E-state index is 11.9. The van der Waals surface area contributed by atoms with E-state index in [0.717, 1.165) is 19.3 Å². The van der Waals surface area contributed by atoms with Gasteiger partial charge < -0.3 is 0 Å². The van der Waals surface area contributed by atoms with Crippen LogP contribution in [-0.2, 0) is 4.79 Å². The molecule has 1 aliphatic rings. The molecule has 1 aliphatic carbocycles. The lowest BCUT2D eigenvalue weighted by Gasteiger charge is -2.47. The molecule has 1 atom stereocenters. The molecule has 1 heteroatoms. The van der Waals surface area contributed by atoms with E-state index < -0.39 is 0 Å². The molecule has 0 N–H and O–H groups in total. The minimum atomic E-state index is -0.0617. The van der Waals surface area contributed by atoms with E-state index in [1.165, 1.54) is 11.1 Å². The van der Waals surface area contributed by atoms with Gasteiger partial charge in [-0.05, 0) is 25.3 Å². The van der Waals surface area contributed by atoms with Crippen molar-refractivity contribution in [2.24, 2.45) is 5.41 Å². The largest absolute Gasteiger partial charge is 0.299 e. The second kappa shape index (κ2) is 4.04. The van der Waals surface area contributed by atoms with Gasteiger partial charge in [0.15, 0.2) is 0 Å². The van der Waals surface area contributed by atoms with E-state index in [0.29, 0.717) is 11.7 Å². The van der Waals surface area contributed by atoms with Crippen LogP contribution in [0.2, 0.25) is 0 Å². The van der Waals surface area contributed by atoms with Crippen LogP contribution >= 0.6 is 0 Å². The average Bonchev–Trinajstić information content (AvgIpc) is 2.27. The van der Waals surface area contributed by atoms with Gasteiger partial charge in [-0.2, -0.15) is 0 Å². The van der Waals surface area contributed by atoms with E-state index in [-0.39, 0.29) is 5.41 Å². The quantitative estimate of drug-likeness (QED) is 0.750. The first-order valence-corrected chi connectivity index (χ1v) is 6.24.